The number of esters is 3. The van der Waals surface area contributed by atoms with Crippen molar-refractivity contribution in [3.63, 3.8) is 0 Å². The van der Waals surface area contributed by atoms with Crippen LogP contribution in [0, 0.1) is 0 Å². The van der Waals surface area contributed by atoms with Gasteiger partial charge in [-0.15, -0.1) is 0 Å². The van der Waals surface area contributed by atoms with Crippen molar-refractivity contribution < 1.29 is 75.4 Å². The van der Waals surface area contributed by atoms with E-state index in [1.165, 1.54) is 0 Å². The molecule has 13 heteroatoms. The maximum atomic E-state index is 9.61. The van der Waals surface area contributed by atoms with E-state index in [0.717, 1.165) is 20.8 Å². The van der Waals surface area contributed by atoms with E-state index in [0.29, 0.717) is 0 Å². The molecule has 0 N–H and O–H groups in total. The second kappa shape index (κ2) is 16.4. The monoisotopic (exact) mass is 365 g/mol. The van der Waals surface area contributed by atoms with Crippen LogP contribution >= 0.6 is 0 Å². The number of hydrogen-bond acceptors (Lipinski definition) is 12. The van der Waals surface area contributed by atoms with E-state index in [2.05, 4.69) is 14.2 Å². The normalized spacial score (nSPS) is 7.23. The van der Waals surface area contributed by atoms with Crippen molar-refractivity contribution in [1.29, 1.82) is 0 Å². The van der Waals surface area contributed by atoms with E-state index in [1.807, 2.05) is 0 Å². The molecule has 1 radical (unpaired) electrons. The fourth-order valence-electron chi connectivity index (χ4n) is 0.352. The van der Waals surface area contributed by atoms with Gasteiger partial charge in [-0.05, 0) is 0 Å². The van der Waals surface area contributed by atoms with Gasteiger partial charge in [0.25, 0.3) is 18.5 Å². The Kier molecular flexibility index (Phi) is 20.6. The zero-order chi connectivity index (χ0) is 17.6. The first-order valence-electron chi connectivity index (χ1n) is 4.56. The molecule has 0 aromatic heterocycles. The molecular weight excluding hydrogens is 356 g/mol. The van der Waals surface area contributed by atoms with Gasteiger partial charge in [-0.3, -0.25) is 14.4 Å². The van der Waals surface area contributed by atoms with E-state index < -0.39 is 36.4 Å². The first-order valence-corrected chi connectivity index (χ1v) is 4.56. The van der Waals surface area contributed by atoms with Gasteiger partial charge in [-0.25, -0.2) is 0 Å². The second-order valence-corrected chi connectivity index (χ2v) is 2.53. The average Bonchev–Trinajstić information content (AvgIpc) is 2.10. The summed E-state index contributed by atoms with van der Waals surface area (Å²) in [6.07, 6.45) is -5.44. The minimum atomic E-state index is -1.81. The SMILES string of the molecule is CC(=O)OC(=O)[O-].CC(=O)OC(=O)[O-].CC(=O)OC(=O)[O-].[Fe+3]. The van der Waals surface area contributed by atoms with Crippen molar-refractivity contribution in [2.24, 2.45) is 0 Å². The van der Waals surface area contributed by atoms with E-state index >= 15 is 0 Å². The van der Waals surface area contributed by atoms with Gasteiger partial charge in [0.1, 0.15) is 0 Å². The van der Waals surface area contributed by atoms with Gasteiger partial charge >= 0.3 is 17.1 Å². The first kappa shape index (κ1) is 27.6. The van der Waals surface area contributed by atoms with Crippen LogP contribution in [0.2, 0.25) is 0 Å². The van der Waals surface area contributed by atoms with Gasteiger partial charge in [0, 0.05) is 20.8 Å². The molecule has 0 aromatic carbocycles. The summed E-state index contributed by atoms with van der Waals surface area (Å²) in [5, 5.41) is 27.8. The largest absolute Gasteiger partial charge is 3.00 e. The maximum Gasteiger partial charge on any atom is 3.00 e. The summed E-state index contributed by atoms with van der Waals surface area (Å²) in [7, 11) is 0. The average molecular weight is 365 g/mol. The molecule has 0 saturated carbocycles. The molecule has 0 unspecified atom stereocenters. The number of rotatable bonds is 0. The molecule has 0 heterocycles. The van der Waals surface area contributed by atoms with Crippen LogP contribution in [0.1, 0.15) is 20.8 Å². The summed E-state index contributed by atoms with van der Waals surface area (Å²) in [6.45, 7) is 2.95. The first-order chi connectivity index (χ1) is 9.38. The van der Waals surface area contributed by atoms with Crippen molar-refractivity contribution in [2.75, 3.05) is 0 Å². The fourth-order valence-corrected chi connectivity index (χ4v) is 0.352. The molecule has 0 spiro atoms. The fraction of sp³-hybridized carbons (Fsp3) is 0.333. The predicted molar refractivity (Wildman–Crippen MR) is 51.5 cm³/mol. The Balaban J connectivity index is -0.000000108. The van der Waals surface area contributed by atoms with Crippen LogP contribution in [-0.2, 0) is 45.7 Å². The Labute approximate surface area is 133 Å². The zero-order valence-electron chi connectivity index (χ0n) is 11.3. The smallest absolute Gasteiger partial charge is 0.484 e. The van der Waals surface area contributed by atoms with E-state index in [4.69, 9.17) is 0 Å². The minimum absolute atomic E-state index is 0. The molecule has 12 nitrogen and oxygen atoms in total. The van der Waals surface area contributed by atoms with Gasteiger partial charge in [0.05, 0.1) is 0 Å². The number of carboxylic acid groups (broad SMARTS) is 3. The van der Waals surface area contributed by atoms with E-state index in [1.54, 1.807) is 0 Å². The summed E-state index contributed by atoms with van der Waals surface area (Å²) in [5.74, 6) is -2.62. The Bertz CT molecular complexity index is 317. The Hall–Kier alpha value is -2.66. The standard InChI is InChI=1S/3C3H4O4.Fe/c3*1-2(4)7-3(5)6;/h3*1H3,(H,5,6);/q;;;+3/p-3. The second-order valence-electron chi connectivity index (χ2n) is 2.53. The number of carbonyl (C=O) groups excluding carboxylic acids is 6. The Morgan fingerprint density at radius 2 is 0.682 bits per heavy atom. The van der Waals surface area contributed by atoms with Crippen molar-refractivity contribution >= 4 is 36.4 Å². The molecular formula is C9H9FeO12. The van der Waals surface area contributed by atoms with Crippen LogP contribution < -0.4 is 15.3 Å². The van der Waals surface area contributed by atoms with Crippen molar-refractivity contribution in [1.82, 2.24) is 0 Å². The topological polar surface area (TPSA) is 199 Å². The third-order valence-corrected chi connectivity index (χ3v) is 0.681. The number of hydrogen-bond donors (Lipinski definition) is 0. The van der Waals surface area contributed by atoms with Crippen molar-refractivity contribution in [2.45, 2.75) is 20.8 Å². The molecule has 22 heavy (non-hydrogen) atoms. The molecule has 125 valence electrons. The van der Waals surface area contributed by atoms with Crippen LogP contribution in [0.25, 0.3) is 0 Å². The van der Waals surface area contributed by atoms with Crippen LogP contribution in [0.15, 0.2) is 0 Å². The van der Waals surface area contributed by atoms with Gasteiger partial charge in [0.2, 0.25) is 17.9 Å². The maximum absolute atomic E-state index is 9.61. The molecule has 0 saturated heterocycles. The van der Waals surface area contributed by atoms with E-state index in [-0.39, 0.29) is 17.1 Å². The molecule has 0 bridgehead atoms. The summed E-state index contributed by atoms with van der Waals surface area (Å²) in [4.78, 5) is 56.6. The Morgan fingerprint density at radius 3 is 0.682 bits per heavy atom. The quantitative estimate of drug-likeness (QED) is 0.179. The van der Waals surface area contributed by atoms with Crippen LogP contribution in [0.5, 0.6) is 0 Å². The van der Waals surface area contributed by atoms with Gasteiger partial charge in [-0.2, -0.15) is 0 Å². The van der Waals surface area contributed by atoms with Gasteiger partial charge < -0.3 is 43.9 Å². The van der Waals surface area contributed by atoms with E-state index in [9.17, 15) is 44.1 Å². The number of carbonyl (C=O) groups is 6. The summed E-state index contributed by atoms with van der Waals surface area (Å²) in [6, 6.07) is 0. The molecule has 0 aliphatic carbocycles. The number of ether oxygens (including phenoxy) is 3. The van der Waals surface area contributed by atoms with Crippen LogP contribution in [0.3, 0.4) is 0 Å². The molecule has 0 atom stereocenters. The van der Waals surface area contributed by atoms with Crippen molar-refractivity contribution in [3.05, 3.63) is 0 Å². The molecule has 0 aliphatic heterocycles. The predicted octanol–water partition coefficient (Wildman–Crippen LogP) is -3.32. The third kappa shape index (κ3) is 53.1. The van der Waals surface area contributed by atoms with Gasteiger partial charge in [-0.1, -0.05) is 0 Å². The van der Waals surface area contributed by atoms with Crippen LogP contribution in [-0.4, -0.2) is 36.4 Å². The summed E-state index contributed by atoms with van der Waals surface area (Å²) >= 11 is 0. The van der Waals surface area contributed by atoms with Gasteiger partial charge in [0.15, 0.2) is 0 Å². The molecule has 0 fully saturated rings. The molecule has 0 aromatic rings. The summed E-state index contributed by atoms with van der Waals surface area (Å²) in [5.41, 5.74) is 0. The molecule has 0 rings (SSSR count). The molecule has 0 aliphatic rings. The molecule has 0 amide bonds. The third-order valence-electron chi connectivity index (χ3n) is 0.681. The summed E-state index contributed by atoms with van der Waals surface area (Å²) < 4.78 is 10.2. The zero-order valence-corrected chi connectivity index (χ0v) is 12.4. The minimum Gasteiger partial charge on any atom is -0.484 e. The van der Waals surface area contributed by atoms with Crippen molar-refractivity contribution in [3.8, 4) is 0 Å². The Morgan fingerprint density at radius 1 is 0.545 bits per heavy atom. The van der Waals surface area contributed by atoms with Crippen LogP contribution in [0.4, 0.5) is 14.4 Å².